The number of thiazole rings is 1. The fraction of sp³-hybridized carbons (Fsp3) is 0.118. The van der Waals surface area contributed by atoms with E-state index in [4.69, 9.17) is 5.11 Å². The third kappa shape index (κ3) is 3.44. The molecule has 0 radical (unpaired) electrons. The van der Waals surface area contributed by atoms with Crippen LogP contribution in [0.15, 0.2) is 42.5 Å². The minimum Gasteiger partial charge on any atom is -0.548 e. The van der Waals surface area contributed by atoms with Gasteiger partial charge in [-0.15, -0.1) is 11.3 Å². The molecule has 0 spiro atoms. The normalized spacial score (nSPS) is 12.0. The van der Waals surface area contributed by atoms with Crippen molar-refractivity contribution < 1.29 is 24.9 Å². The van der Waals surface area contributed by atoms with Crippen molar-refractivity contribution in [2.75, 3.05) is 6.61 Å². The SMILES string of the molecule is O=C(NC(CO)C(=O)[O-])c1ccc2nc(-c3ccccc3O)sc2c1. The summed E-state index contributed by atoms with van der Waals surface area (Å²) in [6, 6.07) is 10.1. The summed E-state index contributed by atoms with van der Waals surface area (Å²) in [4.78, 5) is 27.3. The zero-order valence-electron chi connectivity index (χ0n) is 12.8. The number of carboxylic acid groups (broad SMARTS) is 1. The van der Waals surface area contributed by atoms with Gasteiger partial charge in [0.2, 0.25) is 0 Å². The predicted molar refractivity (Wildman–Crippen MR) is 90.1 cm³/mol. The summed E-state index contributed by atoms with van der Waals surface area (Å²) in [6.45, 7) is -0.756. The number of hydrogen-bond donors (Lipinski definition) is 3. The number of aromatic hydroxyl groups is 1. The second-order valence-corrected chi connectivity index (χ2v) is 6.28. The van der Waals surface area contributed by atoms with Gasteiger partial charge in [-0.3, -0.25) is 4.79 Å². The summed E-state index contributed by atoms with van der Waals surface area (Å²) in [5, 5.41) is 32.5. The van der Waals surface area contributed by atoms with Crippen LogP contribution in [-0.4, -0.2) is 39.7 Å². The molecule has 0 saturated heterocycles. The van der Waals surface area contributed by atoms with E-state index in [1.54, 1.807) is 36.4 Å². The molecule has 1 heterocycles. The molecule has 1 aromatic heterocycles. The lowest BCUT2D eigenvalue weighted by Crippen LogP contribution is -2.50. The third-order valence-corrected chi connectivity index (χ3v) is 4.61. The molecule has 128 valence electrons. The van der Waals surface area contributed by atoms with Gasteiger partial charge in [0.15, 0.2) is 0 Å². The Balaban J connectivity index is 1.92. The number of rotatable bonds is 5. The van der Waals surface area contributed by atoms with Crippen LogP contribution in [0.2, 0.25) is 0 Å². The summed E-state index contributed by atoms with van der Waals surface area (Å²) in [6.07, 6.45) is 0. The molecule has 1 amide bonds. The molecular weight excluding hydrogens is 344 g/mol. The number of benzene rings is 2. The Morgan fingerprint density at radius 3 is 2.68 bits per heavy atom. The van der Waals surface area contributed by atoms with E-state index in [9.17, 15) is 19.8 Å². The lowest BCUT2D eigenvalue weighted by Gasteiger charge is -2.16. The van der Waals surface area contributed by atoms with Gasteiger partial charge in [0.05, 0.1) is 34.4 Å². The molecule has 0 bridgehead atoms. The average Bonchev–Trinajstić information content (AvgIpc) is 3.02. The molecule has 0 fully saturated rings. The fourth-order valence-corrected chi connectivity index (χ4v) is 3.30. The Morgan fingerprint density at radius 1 is 1.24 bits per heavy atom. The van der Waals surface area contributed by atoms with Gasteiger partial charge in [-0.05, 0) is 30.3 Å². The van der Waals surface area contributed by atoms with Gasteiger partial charge >= 0.3 is 0 Å². The summed E-state index contributed by atoms with van der Waals surface area (Å²) in [7, 11) is 0. The first-order chi connectivity index (χ1) is 12.0. The second kappa shape index (κ2) is 6.88. The number of para-hydroxylation sites is 1. The van der Waals surface area contributed by atoms with Crippen molar-refractivity contribution >= 4 is 33.4 Å². The smallest absolute Gasteiger partial charge is 0.251 e. The molecule has 0 aliphatic heterocycles. The number of carbonyl (C=O) groups excluding carboxylic acids is 2. The Labute approximate surface area is 146 Å². The molecule has 1 atom stereocenters. The van der Waals surface area contributed by atoms with E-state index in [1.807, 2.05) is 0 Å². The molecule has 0 saturated carbocycles. The molecule has 3 N–H and O–H groups in total. The highest BCUT2D eigenvalue weighted by Crippen LogP contribution is 2.35. The number of phenols is 1. The van der Waals surface area contributed by atoms with Crippen LogP contribution < -0.4 is 10.4 Å². The average molecular weight is 357 g/mol. The molecule has 25 heavy (non-hydrogen) atoms. The zero-order chi connectivity index (χ0) is 18.0. The van der Waals surface area contributed by atoms with Crippen molar-refractivity contribution in [3.63, 3.8) is 0 Å². The molecule has 0 aliphatic rings. The summed E-state index contributed by atoms with van der Waals surface area (Å²) in [5.41, 5.74) is 1.48. The predicted octanol–water partition coefficient (Wildman–Crippen LogP) is 0.510. The van der Waals surface area contributed by atoms with E-state index in [2.05, 4.69) is 10.3 Å². The van der Waals surface area contributed by atoms with Gasteiger partial charge in [0, 0.05) is 5.56 Å². The van der Waals surface area contributed by atoms with Crippen molar-refractivity contribution in [1.29, 1.82) is 0 Å². The van der Waals surface area contributed by atoms with Crippen LogP contribution in [0.1, 0.15) is 10.4 Å². The van der Waals surface area contributed by atoms with Gasteiger partial charge in [-0.2, -0.15) is 0 Å². The number of phenolic OH excluding ortho intramolecular Hbond substituents is 1. The number of nitrogens with one attached hydrogen (secondary N) is 1. The van der Waals surface area contributed by atoms with Gasteiger partial charge in [0.25, 0.3) is 5.91 Å². The number of aromatic nitrogens is 1. The number of aliphatic carboxylic acids is 1. The summed E-state index contributed by atoms with van der Waals surface area (Å²) >= 11 is 1.30. The largest absolute Gasteiger partial charge is 0.548 e. The second-order valence-electron chi connectivity index (χ2n) is 5.25. The van der Waals surface area contributed by atoms with Gasteiger partial charge in [0.1, 0.15) is 10.8 Å². The fourth-order valence-electron chi connectivity index (χ4n) is 2.26. The molecule has 3 aromatic rings. The minimum absolute atomic E-state index is 0.110. The lowest BCUT2D eigenvalue weighted by atomic mass is 10.2. The van der Waals surface area contributed by atoms with Crippen molar-refractivity contribution in [2.24, 2.45) is 0 Å². The van der Waals surface area contributed by atoms with E-state index < -0.39 is 24.5 Å². The van der Waals surface area contributed by atoms with E-state index in [0.717, 1.165) is 0 Å². The lowest BCUT2D eigenvalue weighted by molar-refractivity contribution is -0.308. The van der Waals surface area contributed by atoms with Crippen LogP contribution in [0.25, 0.3) is 20.8 Å². The zero-order valence-corrected chi connectivity index (χ0v) is 13.6. The van der Waals surface area contributed by atoms with Crippen LogP contribution >= 0.6 is 11.3 Å². The van der Waals surface area contributed by atoms with Gasteiger partial charge in [-0.25, -0.2) is 4.98 Å². The quantitative estimate of drug-likeness (QED) is 0.611. The van der Waals surface area contributed by atoms with Crippen LogP contribution in [0.4, 0.5) is 0 Å². The molecular formula is C17H13N2O5S-. The number of amides is 1. The Hall–Kier alpha value is -2.97. The van der Waals surface area contributed by atoms with Crippen molar-refractivity contribution in [3.8, 4) is 16.3 Å². The Morgan fingerprint density at radius 2 is 2.00 bits per heavy atom. The Bertz CT molecular complexity index is 953. The first kappa shape index (κ1) is 16.9. The first-order valence-electron chi connectivity index (χ1n) is 7.31. The van der Waals surface area contributed by atoms with Gasteiger partial charge < -0.3 is 25.4 Å². The molecule has 8 heteroatoms. The summed E-state index contributed by atoms with van der Waals surface area (Å²) in [5.74, 6) is -2.08. The number of aliphatic hydroxyl groups is 1. The number of aliphatic hydroxyl groups excluding tert-OH is 1. The van der Waals surface area contributed by atoms with E-state index >= 15 is 0 Å². The van der Waals surface area contributed by atoms with E-state index in [0.29, 0.717) is 20.8 Å². The monoisotopic (exact) mass is 357 g/mol. The molecule has 1 unspecified atom stereocenters. The Kier molecular flexibility index (Phi) is 4.64. The molecule has 7 nitrogen and oxygen atoms in total. The number of hydrogen-bond acceptors (Lipinski definition) is 7. The maximum Gasteiger partial charge on any atom is 0.251 e. The number of carbonyl (C=O) groups is 2. The number of nitrogens with zero attached hydrogens (tertiary/aromatic N) is 1. The van der Waals surface area contributed by atoms with Crippen LogP contribution in [0.5, 0.6) is 5.75 Å². The van der Waals surface area contributed by atoms with Crippen molar-refractivity contribution in [2.45, 2.75) is 6.04 Å². The highest BCUT2D eigenvalue weighted by atomic mass is 32.1. The standard InChI is InChI=1S/C17H14N2O5S/c20-8-12(17(23)24)18-15(22)9-5-6-11-14(7-9)25-16(19-11)10-3-1-2-4-13(10)21/h1-7,12,20-21H,8H2,(H,18,22)(H,23,24)/p-1. The van der Waals surface area contributed by atoms with E-state index in [-0.39, 0.29) is 11.3 Å². The first-order valence-corrected chi connectivity index (χ1v) is 8.13. The topological polar surface area (TPSA) is 123 Å². The van der Waals surface area contributed by atoms with E-state index in [1.165, 1.54) is 17.4 Å². The van der Waals surface area contributed by atoms with Crippen LogP contribution in [0.3, 0.4) is 0 Å². The summed E-state index contributed by atoms with van der Waals surface area (Å²) < 4.78 is 0.708. The number of carboxylic acids is 1. The highest BCUT2D eigenvalue weighted by Gasteiger charge is 2.16. The molecule has 3 rings (SSSR count). The highest BCUT2D eigenvalue weighted by molar-refractivity contribution is 7.21. The van der Waals surface area contributed by atoms with Crippen molar-refractivity contribution in [3.05, 3.63) is 48.0 Å². The minimum atomic E-state index is -1.56. The maximum absolute atomic E-state index is 12.1. The van der Waals surface area contributed by atoms with Crippen LogP contribution in [0, 0.1) is 0 Å². The third-order valence-electron chi connectivity index (χ3n) is 3.56. The molecule has 0 aliphatic carbocycles. The van der Waals surface area contributed by atoms with Crippen molar-refractivity contribution in [1.82, 2.24) is 10.3 Å². The number of fused-ring (bicyclic) bond motifs is 1. The maximum atomic E-state index is 12.1. The van der Waals surface area contributed by atoms with Crippen LogP contribution in [-0.2, 0) is 4.79 Å². The van der Waals surface area contributed by atoms with Gasteiger partial charge in [-0.1, -0.05) is 12.1 Å². The molecule has 2 aromatic carbocycles.